The van der Waals surface area contributed by atoms with Gasteiger partial charge in [0.2, 0.25) is 5.91 Å². The highest BCUT2D eigenvalue weighted by Crippen LogP contribution is 2.02. The van der Waals surface area contributed by atoms with Gasteiger partial charge in [0.05, 0.1) is 12.6 Å². The van der Waals surface area contributed by atoms with Gasteiger partial charge in [0.15, 0.2) is 11.5 Å². The molecule has 17 heavy (non-hydrogen) atoms. The van der Waals surface area contributed by atoms with Crippen LogP contribution in [0, 0.1) is 0 Å². The molecule has 1 unspecified atom stereocenters. The Hall–Kier alpha value is -1.95. The Balaban J connectivity index is 2.07. The van der Waals surface area contributed by atoms with Crippen LogP contribution in [0.5, 0.6) is 0 Å². The van der Waals surface area contributed by atoms with Crippen LogP contribution in [-0.2, 0) is 11.3 Å². The predicted molar refractivity (Wildman–Crippen MR) is 63.1 cm³/mol. The van der Waals surface area contributed by atoms with Crippen molar-refractivity contribution in [2.45, 2.75) is 25.9 Å². The molecule has 90 valence electrons. The molecule has 0 spiro atoms. The number of nitrogens with zero attached hydrogens (tertiary/aromatic N) is 3. The molecule has 0 aliphatic heterocycles. The number of carbonyl (C=O) groups excluding carboxylic acids is 1. The number of rotatable bonds is 4. The molecule has 0 radical (unpaired) electrons. The molecule has 2 aromatic rings. The summed E-state index contributed by atoms with van der Waals surface area (Å²) in [5.74, 6) is 0.525. The molecule has 0 aliphatic rings. The van der Waals surface area contributed by atoms with Crippen LogP contribution in [0.3, 0.4) is 0 Å². The Morgan fingerprint density at radius 2 is 2.35 bits per heavy atom. The number of aromatic nitrogens is 3. The van der Waals surface area contributed by atoms with Crippen LogP contribution in [-0.4, -0.2) is 26.5 Å². The number of nitrogens with one attached hydrogen (secondary N) is 1. The first kappa shape index (κ1) is 11.5. The van der Waals surface area contributed by atoms with Crippen LogP contribution >= 0.6 is 0 Å². The Bertz CT molecular complexity index is 521. The summed E-state index contributed by atoms with van der Waals surface area (Å²) < 4.78 is 1.83. The Morgan fingerprint density at radius 1 is 1.53 bits per heavy atom. The summed E-state index contributed by atoms with van der Waals surface area (Å²) >= 11 is 0. The zero-order chi connectivity index (χ0) is 12.3. The van der Waals surface area contributed by atoms with E-state index in [-0.39, 0.29) is 5.91 Å². The Labute approximate surface area is 98.8 Å². The summed E-state index contributed by atoms with van der Waals surface area (Å²) in [5.41, 5.74) is 6.37. The summed E-state index contributed by atoms with van der Waals surface area (Å²) in [7, 11) is 0. The third-order valence-electron chi connectivity index (χ3n) is 2.58. The highest BCUT2D eigenvalue weighted by atomic mass is 16.2. The van der Waals surface area contributed by atoms with Crippen molar-refractivity contribution in [3.8, 4) is 0 Å². The molecule has 3 N–H and O–H groups in total. The monoisotopic (exact) mass is 233 g/mol. The first-order valence-corrected chi connectivity index (χ1v) is 5.54. The van der Waals surface area contributed by atoms with E-state index < -0.39 is 6.04 Å². The lowest BCUT2D eigenvalue weighted by Crippen LogP contribution is -2.39. The predicted octanol–water partition coefficient (Wildman–Crippen LogP) is 0.0828. The minimum atomic E-state index is -0.464. The summed E-state index contributed by atoms with van der Waals surface area (Å²) in [6.07, 6.45) is 2.48. The number of hydrogen-bond donors (Lipinski definition) is 2. The van der Waals surface area contributed by atoms with Crippen molar-refractivity contribution >= 4 is 11.6 Å². The summed E-state index contributed by atoms with van der Waals surface area (Å²) in [6, 6.07) is 5.17. The van der Waals surface area contributed by atoms with Gasteiger partial charge in [0, 0.05) is 6.20 Å². The van der Waals surface area contributed by atoms with Crippen molar-refractivity contribution in [1.82, 2.24) is 19.9 Å². The maximum atomic E-state index is 11.5. The van der Waals surface area contributed by atoms with Gasteiger partial charge in [-0.3, -0.25) is 9.20 Å². The number of fused-ring (bicyclic) bond motifs is 1. The largest absolute Gasteiger partial charge is 0.347 e. The van der Waals surface area contributed by atoms with Gasteiger partial charge in [0.25, 0.3) is 0 Å². The molecule has 2 rings (SSSR count). The van der Waals surface area contributed by atoms with Gasteiger partial charge in [-0.25, -0.2) is 0 Å². The lowest BCUT2D eigenvalue weighted by molar-refractivity contribution is -0.122. The number of amides is 1. The minimum Gasteiger partial charge on any atom is -0.347 e. The van der Waals surface area contributed by atoms with Crippen LogP contribution in [0.15, 0.2) is 24.4 Å². The highest BCUT2D eigenvalue weighted by Gasteiger charge is 2.11. The second-order valence-corrected chi connectivity index (χ2v) is 3.78. The van der Waals surface area contributed by atoms with Crippen molar-refractivity contribution in [2.75, 3.05) is 0 Å². The maximum absolute atomic E-state index is 11.5. The average Bonchev–Trinajstić information content (AvgIpc) is 2.78. The van der Waals surface area contributed by atoms with Crippen molar-refractivity contribution in [2.24, 2.45) is 5.73 Å². The summed E-state index contributed by atoms with van der Waals surface area (Å²) in [6.45, 7) is 2.20. The van der Waals surface area contributed by atoms with Crippen molar-refractivity contribution in [1.29, 1.82) is 0 Å². The zero-order valence-electron chi connectivity index (χ0n) is 9.63. The summed E-state index contributed by atoms with van der Waals surface area (Å²) in [4.78, 5) is 11.5. The second kappa shape index (κ2) is 4.92. The fourth-order valence-corrected chi connectivity index (χ4v) is 1.49. The van der Waals surface area contributed by atoms with E-state index >= 15 is 0 Å². The molecule has 1 amide bonds. The lowest BCUT2D eigenvalue weighted by atomic mass is 10.2. The first-order chi connectivity index (χ1) is 8.22. The molecular weight excluding hydrogens is 218 g/mol. The molecule has 1 atom stereocenters. The third kappa shape index (κ3) is 2.42. The minimum absolute atomic E-state index is 0.166. The zero-order valence-corrected chi connectivity index (χ0v) is 9.63. The third-order valence-corrected chi connectivity index (χ3v) is 2.58. The topological polar surface area (TPSA) is 85.3 Å². The smallest absolute Gasteiger partial charge is 0.237 e. The van der Waals surface area contributed by atoms with E-state index in [9.17, 15) is 4.79 Å². The summed E-state index contributed by atoms with van der Waals surface area (Å²) in [5, 5.41) is 10.7. The van der Waals surface area contributed by atoms with Crippen molar-refractivity contribution < 1.29 is 4.79 Å². The van der Waals surface area contributed by atoms with E-state index in [4.69, 9.17) is 5.73 Å². The average molecular weight is 233 g/mol. The van der Waals surface area contributed by atoms with Gasteiger partial charge in [-0.05, 0) is 18.6 Å². The molecular formula is C11H15N5O. The van der Waals surface area contributed by atoms with E-state index in [0.29, 0.717) is 18.8 Å². The van der Waals surface area contributed by atoms with E-state index in [1.54, 1.807) is 0 Å². The fourth-order valence-electron chi connectivity index (χ4n) is 1.49. The number of carbonyl (C=O) groups is 1. The molecule has 2 heterocycles. The molecule has 0 saturated heterocycles. The molecule has 6 nitrogen and oxygen atoms in total. The molecule has 6 heteroatoms. The van der Waals surface area contributed by atoms with E-state index in [1.165, 1.54) is 0 Å². The molecule has 0 saturated carbocycles. The van der Waals surface area contributed by atoms with E-state index in [2.05, 4.69) is 15.5 Å². The first-order valence-electron chi connectivity index (χ1n) is 5.54. The van der Waals surface area contributed by atoms with Crippen LogP contribution in [0.2, 0.25) is 0 Å². The normalized spacial score (nSPS) is 12.6. The quantitative estimate of drug-likeness (QED) is 0.783. The van der Waals surface area contributed by atoms with Crippen LogP contribution < -0.4 is 11.1 Å². The van der Waals surface area contributed by atoms with Crippen LogP contribution in [0.4, 0.5) is 0 Å². The van der Waals surface area contributed by atoms with Gasteiger partial charge < -0.3 is 11.1 Å². The van der Waals surface area contributed by atoms with Crippen LogP contribution in [0.25, 0.3) is 5.65 Å². The standard InChI is InChI=1S/C11H15N5O/c1-2-8(12)11(17)13-7-10-15-14-9-5-3-4-6-16(9)10/h3-6,8H,2,7,12H2,1H3,(H,13,17). The molecule has 0 bridgehead atoms. The number of hydrogen-bond acceptors (Lipinski definition) is 4. The fraction of sp³-hybridized carbons (Fsp3) is 0.364. The number of pyridine rings is 1. The SMILES string of the molecule is CCC(N)C(=O)NCc1nnc2ccccn12. The van der Waals surface area contributed by atoms with Gasteiger partial charge in [-0.2, -0.15) is 0 Å². The molecule has 0 fully saturated rings. The van der Waals surface area contributed by atoms with E-state index in [1.807, 2.05) is 35.7 Å². The van der Waals surface area contributed by atoms with E-state index in [0.717, 1.165) is 5.65 Å². The highest BCUT2D eigenvalue weighted by molar-refractivity contribution is 5.81. The molecule has 0 aliphatic carbocycles. The van der Waals surface area contributed by atoms with Gasteiger partial charge >= 0.3 is 0 Å². The van der Waals surface area contributed by atoms with Gasteiger partial charge in [0.1, 0.15) is 0 Å². The maximum Gasteiger partial charge on any atom is 0.237 e. The van der Waals surface area contributed by atoms with Gasteiger partial charge in [-0.1, -0.05) is 13.0 Å². The van der Waals surface area contributed by atoms with Crippen molar-refractivity contribution in [3.05, 3.63) is 30.2 Å². The second-order valence-electron chi connectivity index (χ2n) is 3.78. The van der Waals surface area contributed by atoms with Gasteiger partial charge in [-0.15, -0.1) is 10.2 Å². The molecule has 0 aromatic carbocycles. The Morgan fingerprint density at radius 3 is 3.12 bits per heavy atom. The lowest BCUT2D eigenvalue weighted by Gasteiger charge is -2.08. The number of nitrogens with two attached hydrogens (primary N) is 1. The Kier molecular flexibility index (Phi) is 3.34. The van der Waals surface area contributed by atoms with Crippen molar-refractivity contribution in [3.63, 3.8) is 0 Å². The van der Waals surface area contributed by atoms with Crippen LogP contribution in [0.1, 0.15) is 19.2 Å². The molecule has 2 aromatic heterocycles.